The number of nitrogens with zero attached hydrogens (tertiary/aromatic N) is 1. The van der Waals surface area contributed by atoms with Gasteiger partial charge in [0.2, 0.25) is 5.91 Å². The van der Waals surface area contributed by atoms with Gasteiger partial charge in [0.25, 0.3) is 0 Å². The Bertz CT molecular complexity index is 1260. The number of sulfone groups is 1. The number of anilines is 2. The number of thiazole rings is 1. The predicted molar refractivity (Wildman–Crippen MR) is 126 cm³/mol. The van der Waals surface area contributed by atoms with Gasteiger partial charge in [-0.05, 0) is 29.7 Å². The number of rotatable bonds is 6. The molecule has 8 nitrogen and oxygen atoms in total. The molecule has 2 heterocycles. The molecule has 0 spiro atoms. The molecule has 0 saturated carbocycles. The molecule has 1 atom stereocenters. The second-order valence-electron chi connectivity index (χ2n) is 7.61. The number of hydrogen-bond acceptors (Lipinski definition) is 6. The fraction of sp³-hybridized carbons (Fsp3) is 0.227. The van der Waals surface area contributed by atoms with Crippen LogP contribution in [0.3, 0.4) is 0 Å². The van der Waals surface area contributed by atoms with Crippen LogP contribution in [0.15, 0.2) is 53.9 Å². The molecule has 3 amide bonds. The van der Waals surface area contributed by atoms with Crippen LogP contribution in [0.2, 0.25) is 0 Å². The quantitative estimate of drug-likeness (QED) is 0.509. The van der Waals surface area contributed by atoms with E-state index < -0.39 is 21.9 Å². The Morgan fingerprint density at radius 3 is 2.72 bits per heavy atom. The van der Waals surface area contributed by atoms with E-state index in [1.807, 2.05) is 29.6 Å². The zero-order chi connectivity index (χ0) is 22.7. The second kappa shape index (κ2) is 9.09. The van der Waals surface area contributed by atoms with Crippen molar-refractivity contribution >= 4 is 43.9 Å². The highest BCUT2D eigenvalue weighted by Crippen LogP contribution is 2.30. The van der Waals surface area contributed by atoms with E-state index in [1.165, 1.54) is 11.3 Å². The molecule has 10 heteroatoms. The average molecular weight is 471 g/mol. The third kappa shape index (κ3) is 5.51. The number of aryl methyl sites for hydroxylation is 1. The van der Waals surface area contributed by atoms with Crippen molar-refractivity contribution in [1.82, 2.24) is 10.3 Å². The van der Waals surface area contributed by atoms with E-state index >= 15 is 0 Å². The van der Waals surface area contributed by atoms with E-state index in [2.05, 4.69) is 20.9 Å². The molecule has 0 aliphatic carbocycles. The summed E-state index contributed by atoms with van der Waals surface area (Å²) in [5.41, 5.74) is 4.17. The molecule has 0 bridgehead atoms. The first kappa shape index (κ1) is 22.0. The monoisotopic (exact) mass is 470 g/mol. The fourth-order valence-corrected chi connectivity index (χ4v) is 5.10. The van der Waals surface area contributed by atoms with Gasteiger partial charge >= 0.3 is 6.03 Å². The summed E-state index contributed by atoms with van der Waals surface area (Å²) in [6, 6.07) is 13.5. The Kier molecular flexibility index (Phi) is 6.24. The fourth-order valence-electron chi connectivity index (χ4n) is 3.51. The van der Waals surface area contributed by atoms with Gasteiger partial charge in [0.05, 0.1) is 17.5 Å². The lowest BCUT2D eigenvalue weighted by molar-refractivity contribution is -0.116. The predicted octanol–water partition coefficient (Wildman–Crippen LogP) is 3.60. The highest BCUT2D eigenvalue weighted by molar-refractivity contribution is 7.90. The number of aromatic nitrogens is 1. The van der Waals surface area contributed by atoms with Gasteiger partial charge in [-0.3, -0.25) is 10.1 Å². The van der Waals surface area contributed by atoms with Gasteiger partial charge in [0.1, 0.15) is 9.84 Å². The summed E-state index contributed by atoms with van der Waals surface area (Å²) in [6.45, 7) is 0. The molecular weight excluding hydrogens is 448 g/mol. The topological polar surface area (TPSA) is 117 Å². The summed E-state index contributed by atoms with van der Waals surface area (Å²) < 4.78 is 23.7. The van der Waals surface area contributed by atoms with Crippen molar-refractivity contribution in [2.45, 2.75) is 18.9 Å². The molecule has 3 N–H and O–H groups in total. The molecule has 0 fully saturated rings. The maximum Gasteiger partial charge on any atom is 0.321 e. The summed E-state index contributed by atoms with van der Waals surface area (Å²) in [5, 5.41) is 10.5. The van der Waals surface area contributed by atoms with Crippen molar-refractivity contribution in [3.8, 4) is 11.3 Å². The van der Waals surface area contributed by atoms with Crippen LogP contribution in [0.25, 0.3) is 11.3 Å². The summed E-state index contributed by atoms with van der Waals surface area (Å²) in [5.74, 6) is -0.194. The van der Waals surface area contributed by atoms with Crippen LogP contribution in [0, 0.1) is 0 Å². The van der Waals surface area contributed by atoms with E-state index in [4.69, 9.17) is 0 Å². The summed E-state index contributed by atoms with van der Waals surface area (Å²) in [6.07, 6.45) is 2.27. The van der Waals surface area contributed by atoms with Crippen molar-refractivity contribution in [2.75, 3.05) is 22.6 Å². The van der Waals surface area contributed by atoms with Crippen molar-refractivity contribution in [3.63, 3.8) is 0 Å². The van der Waals surface area contributed by atoms with Crippen LogP contribution < -0.4 is 16.0 Å². The maximum absolute atomic E-state index is 12.6. The molecule has 166 valence electrons. The van der Waals surface area contributed by atoms with E-state index in [0.717, 1.165) is 23.1 Å². The van der Waals surface area contributed by atoms with E-state index in [0.29, 0.717) is 29.2 Å². The van der Waals surface area contributed by atoms with E-state index in [-0.39, 0.29) is 11.7 Å². The highest BCUT2D eigenvalue weighted by atomic mass is 32.2. The molecule has 0 saturated heterocycles. The van der Waals surface area contributed by atoms with Gasteiger partial charge in [0, 0.05) is 29.3 Å². The molecule has 32 heavy (non-hydrogen) atoms. The first-order valence-electron chi connectivity index (χ1n) is 9.96. The molecule has 1 aliphatic rings. The lowest BCUT2D eigenvalue weighted by Crippen LogP contribution is -2.36. The number of hydrogen-bond donors (Lipinski definition) is 3. The molecule has 1 aromatic heterocycles. The van der Waals surface area contributed by atoms with Crippen LogP contribution in [-0.2, 0) is 21.1 Å². The average Bonchev–Trinajstić information content (AvgIpc) is 3.21. The highest BCUT2D eigenvalue weighted by Gasteiger charge is 2.21. The van der Waals surface area contributed by atoms with Crippen LogP contribution in [0.1, 0.15) is 23.6 Å². The van der Waals surface area contributed by atoms with Crippen molar-refractivity contribution in [1.29, 1.82) is 0 Å². The minimum atomic E-state index is -3.31. The van der Waals surface area contributed by atoms with Crippen LogP contribution in [-0.4, -0.2) is 37.3 Å². The lowest BCUT2D eigenvalue weighted by Gasteiger charge is -2.18. The minimum absolute atomic E-state index is 0.0149. The van der Waals surface area contributed by atoms with Crippen molar-refractivity contribution < 1.29 is 18.0 Å². The number of carbonyl (C=O) groups excluding carboxylic acids is 2. The minimum Gasteiger partial charge on any atom is -0.330 e. The number of fused-ring (bicyclic) bond motifs is 1. The van der Waals surface area contributed by atoms with Crippen molar-refractivity contribution in [3.05, 3.63) is 65.0 Å². The number of urea groups is 1. The van der Waals surface area contributed by atoms with Gasteiger partial charge in [0.15, 0.2) is 5.13 Å². The summed E-state index contributed by atoms with van der Waals surface area (Å²) in [4.78, 5) is 28.6. The van der Waals surface area contributed by atoms with Gasteiger partial charge < -0.3 is 10.6 Å². The largest absolute Gasteiger partial charge is 0.330 e. The molecule has 1 unspecified atom stereocenters. The standard InChI is InChI=1S/C22H22N4O4S2/c1-32(29,30)13-19(14-5-3-2-4-6-14)24-21(28)26-22-25-18(12-31-22)16-7-9-17-15(11-16)8-10-20(27)23-17/h2-7,9,11-12,19H,8,10,13H2,1H3,(H,23,27)(H2,24,25,26,28). The van der Waals surface area contributed by atoms with Gasteiger partial charge in [-0.15, -0.1) is 11.3 Å². The number of amides is 3. The Morgan fingerprint density at radius 1 is 1.19 bits per heavy atom. The van der Waals surface area contributed by atoms with Crippen molar-refractivity contribution in [2.24, 2.45) is 0 Å². The van der Waals surface area contributed by atoms with Crippen LogP contribution in [0.4, 0.5) is 15.6 Å². The second-order valence-corrected chi connectivity index (χ2v) is 10.7. The molecular formula is C22H22N4O4S2. The number of benzene rings is 2. The lowest BCUT2D eigenvalue weighted by atomic mass is 9.99. The first-order chi connectivity index (χ1) is 15.3. The SMILES string of the molecule is CS(=O)(=O)CC(NC(=O)Nc1nc(-c2ccc3c(c2)CCC(=O)N3)cs1)c1ccccc1. The Hall–Kier alpha value is -3.24. The summed E-state index contributed by atoms with van der Waals surface area (Å²) >= 11 is 1.28. The molecule has 4 rings (SSSR count). The Balaban J connectivity index is 1.46. The Morgan fingerprint density at radius 2 is 1.97 bits per heavy atom. The van der Waals surface area contributed by atoms with E-state index in [9.17, 15) is 18.0 Å². The molecule has 1 aliphatic heterocycles. The van der Waals surface area contributed by atoms with E-state index in [1.54, 1.807) is 24.3 Å². The normalized spacial score (nSPS) is 14.2. The molecule has 2 aromatic carbocycles. The molecule has 3 aromatic rings. The van der Waals surface area contributed by atoms with Gasteiger partial charge in [-0.2, -0.15) is 0 Å². The first-order valence-corrected chi connectivity index (χ1v) is 12.9. The maximum atomic E-state index is 12.6. The van der Waals surface area contributed by atoms with Crippen LogP contribution in [0.5, 0.6) is 0 Å². The van der Waals surface area contributed by atoms with Gasteiger partial charge in [-0.1, -0.05) is 36.4 Å². The number of carbonyl (C=O) groups is 2. The Labute approximate surface area is 190 Å². The smallest absolute Gasteiger partial charge is 0.321 e. The summed E-state index contributed by atoms with van der Waals surface area (Å²) in [7, 11) is -3.31. The zero-order valence-electron chi connectivity index (χ0n) is 17.3. The third-order valence-corrected chi connectivity index (χ3v) is 6.69. The molecule has 0 radical (unpaired) electrons. The number of nitrogens with one attached hydrogen (secondary N) is 3. The van der Waals surface area contributed by atoms with Crippen LogP contribution >= 0.6 is 11.3 Å². The zero-order valence-corrected chi connectivity index (χ0v) is 18.9. The van der Waals surface area contributed by atoms with Gasteiger partial charge in [-0.25, -0.2) is 18.2 Å². The third-order valence-electron chi connectivity index (χ3n) is 5.00.